The number of nitrogens with one attached hydrogen (secondary N) is 1. The van der Waals surface area contributed by atoms with E-state index in [1.165, 1.54) is 0 Å². The number of amides is 1. The molecule has 1 aromatic heterocycles. The highest BCUT2D eigenvalue weighted by Gasteiger charge is 2.23. The molecule has 0 saturated carbocycles. The minimum atomic E-state index is -3.00. The second kappa shape index (κ2) is 6.89. The summed E-state index contributed by atoms with van der Waals surface area (Å²) in [5.74, 6) is 0.797. The van der Waals surface area contributed by atoms with Crippen LogP contribution in [0.15, 0.2) is 18.3 Å². The molecule has 6 nitrogen and oxygen atoms in total. The third-order valence-electron chi connectivity index (χ3n) is 3.41. The largest absolute Gasteiger partial charge is 0.370 e. The summed E-state index contributed by atoms with van der Waals surface area (Å²) >= 11 is 0. The predicted octanol–water partition coefficient (Wildman–Crippen LogP) is 1.16. The smallest absolute Gasteiger partial charge is 0.255 e. The van der Waals surface area contributed by atoms with Crippen molar-refractivity contribution in [1.82, 2.24) is 9.88 Å². The summed E-state index contributed by atoms with van der Waals surface area (Å²) in [6.45, 7) is 3.65. The van der Waals surface area contributed by atoms with Crippen LogP contribution in [0, 0.1) is 0 Å². The first-order valence-electron chi connectivity index (χ1n) is 7.21. The molecule has 116 valence electrons. The molecule has 0 aliphatic carbocycles. The standard InChI is InChI=1S/C14H21N3O3S/c1-2-6-15-13-5-4-12(11-16-13)14(18)17-7-3-9-21(19,20)10-8-17/h4-5,11H,2-3,6-10H2,1H3,(H,15,16). The summed E-state index contributed by atoms with van der Waals surface area (Å²) in [5.41, 5.74) is 0.497. The van der Waals surface area contributed by atoms with Crippen LogP contribution in [0.1, 0.15) is 30.1 Å². The SMILES string of the molecule is CCCNc1ccc(C(=O)N2CCCS(=O)(=O)CC2)cn1. The van der Waals surface area contributed by atoms with E-state index in [-0.39, 0.29) is 24.0 Å². The fraction of sp³-hybridized carbons (Fsp3) is 0.571. The van der Waals surface area contributed by atoms with Crippen LogP contribution >= 0.6 is 0 Å². The first-order chi connectivity index (χ1) is 10.0. The Hall–Kier alpha value is -1.63. The Kier molecular flexibility index (Phi) is 5.17. The third-order valence-corrected chi connectivity index (χ3v) is 5.12. The van der Waals surface area contributed by atoms with Gasteiger partial charge in [-0.3, -0.25) is 4.79 Å². The van der Waals surface area contributed by atoms with E-state index in [2.05, 4.69) is 17.2 Å². The van der Waals surface area contributed by atoms with Gasteiger partial charge in [0.05, 0.1) is 17.1 Å². The molecule has 7 heteroatoms. The number of nitrogens with zero attached hydrogens (tertiary/aromatic N) is 2. The van der Waals surface area contributed by atoms with Crippen molar-refractivity contribution in [2.45, 2.75) is 19.8 Å². The van der Waals surface area contributed by atoms with Crippen LogP contribution < -0.4 is 5.32 Å². The monoisotopic (exact) mass is 311 g/mol. The molecule has 1 aliphatic rings. The Morgan fingerprint density at radius 2 is 2.14 bits per heavy atom. The number of hydrogen-bond donors (Lipinski definition) is 1. The van der Waals surface area contributed by atoms with Gasteiger partial charge in [0.2, 0.25) is 0 Å². The molecule has 1 amide bonds. The molecule has 1 fully saturated rings. The van der Waals surface area contributed by atoms with E-state index in [0.717, 1.165) is 18.8 Å². The predicted molar refractivity (Wildman–Crippen MR) is 82.2 cm³/mol. The Morgan fingerprint density at radius 3 is 2.81 bits per heavy atom. The van der Waals surface area contributed by atoms with Crippen LogP contribution in [0.2, 0.25) is 0 Å². The van der Waals surface area contributed by atoms with E-state index in [1.807, 2.05) is 0 Å². The maximum Gasteiger partial charge on any atom is 0.255 e. The van der Waals surface area contributed by atoms with Crippen LogP contribution in [0.4, 0.5) is 5.82 Å². The van der Waals surface area contributed by atoms with Crippen molar-refractivity contribution in [1.29, 1.82) is 0 Å². The summed E-state index contributed by atoms with van der Waals surface area (Å²) < 4.78 is 23.1. The molecule has 1 aromatic rings. The van der Waals surface area contributed by atoms with Crippen LogP contribution in [0.25, 0.3) is 0 Å². The lowest BCUT2D eigenvalue weighted by atomic mass is 10.2. The lowest BCUT2D eigenvalue weighted by Crippen LogP contribution is -2.33. The van der Waals surface area contributed by atoms with Gasteiger partial charge in [-0.2, -0.15) is 0 Å². The lowest BCUT2D eigenvalue weighted by molar-refractivity contribution is 0.0768. The average molecular weight is 311 g/mol. The Bertz CT molecular complexity index is 584. The lowest BCUT2D eigenvalue weighted by Gasteiger charge is -2.19. The highest BCUT2D eigenvalue weighted by atomic mass is 32.2. The van der Waals surface area contributed by atoms with Gasteiger partial charge in [-0.1, -0.05) is 6.92 Å². The number of aromatic nitrogens is 1. The molecule has 0 aromatic carbocycles. The van der Waals surface area contributed by atoms with Crippen molar-refractivity contribution in [3.05, 3.63) is 23.9 Å². The summed E-state index contributed by atoms with van der Waals surface area (Å²) in [4.78, 5) is 18.2. The van der Waals surface area contributed by atoms with E-state index < -0.39 is 9.84 Å². The minimum Gasteiger partial charge on any atom is -0.370 e. The van der Waals surface area contributed by atoms with Gasteiger partial charge >= 0.3 is 0 Å². The quantitative estimate of drug-likeness (QED) is 0.903. The second-order valence-electron chi connectivity index (χ2n) is 5.16. The van der Waals surface area contributed by atoms with Crippen LogP contribution in [0.3, 0.4) is 0 Å². The summed E-state index contributed by atoms with van der Waals surface area (Å²) in [6.07, 6.45) is 3.04. The van der Waals surface area contributed by atoms with Crippen molar-refractivity contribution < 1.29 is 13.2 Å². The number of hydrogen-bond acceptors (Lipinski definition) is 5. The van der Waals surface area contributed by atoms with Crippen molar-refractivity contribution in [3.8, 4) is 0 Å². The van der Waals surface area contributed by atoms with Crippen molar-refractivity contribution in [3.63, 3.8) is 0 Å². The normalized spacial score (nSPS) is 18.0. The number of pyridine rings is 1. The maximum absolute atomic E-state index is 12.4. The molecular formula is C14H21N3O3S. The number of sulfone groups is 1. The minimum absolute atomic E-state index is 0.0440. The molecule has 0 bridgehead atoms. The Balaban J connectivity index is 2.02. The molecule has 0 radical (unpaired) electrons. The van der Waals surface area contributed by atoms with Gasteiger partial charge in [0.1, 0.15) is 5.82 Å². The summed E-state index contributed by atoms with van der Waals surface area (Å²) in [6, 6.07) is 3.50. The second-order valence-corrected chi connectivity index (χ2v) is 7.46. The zero-order valence-corrected chi connectivity index (χ0v) is 13.0. The molecule has 2 heterocycles. The van der Waals surface area contributed by atoms with Crippen LogP contribution in [-0.4, -0.2) is 55.3 Å². The van der Waals surface area contributed by atoms with Gasteiger partial charge < -0.3 is 10.2 Å². The van der Waals surface area contributed by atoms with Crippen molar-refractivity contribution in [2.75, 3.05) is 36.5 Å². The molecule has 21 heavy (non-hydrogen) atoms. The number of carbonyl (C=O) groups is 1. The first kappa shape index (κ1) is 15.8. The van der Waals surface area contributed by atoms with Crippen LogP contribution in [0.5, 0.6) is 0 Å². The average Bonchev–Trinajstić information content (AvgIpc) is 2.66. The Labute approximate surface area is 125 Å². The van der Waals surface area contributed by atoms with Gasteiger partial charge in [-0.15, -0.1) is 0 Å². The highest BCUT2D eigenvalue weighted by Crippen LogP contribution is 2.11. The molecule has 1 aliphatic heterocycles. The molecule has 0 unspecified atom stereocenters. The van der Waals surface area contributed by atoms with E-state index in [9.17, 15) is 13.2 Å². The first-order valence-corrected chi connectivity index (χ1v) is 9.03. The summed E-state index contributed by atoms with van der Waals surface area (Å²) in [7, 11) is -3.00. The van der Waals surface area contributed by atoms with E-state index >= 15 is 0 Å². The summed E-state index contributed by atoms with van der Waals surface area (Å²) in [5, 5.41) is 3.15. The zero-order chi connectivity index (χ0) is 15.3. The fourth-order valence-corrected chi connectivity index (χ4v) is 3.47. The molecular weight excluding hydrogens is 290 g/mol. The molecule has 0 atom stereocenters. The maximum atomic E-state index is 12.4. The van der Waals surface area contributed by atoms with Gasteiger partial charge in [-0.05, 0) is 25.0 Å². The number of carbonyl (C=O) groups excluding carboxylic acids is 1. The highest BCUT2D eigenvalue weighted by molar-refractivity contribution is 7.91. The molecule has 1 N–H and O–H groups in total. The molecule has 1 saturated heterocycles. The van der Waals surface area contributed by atoms with Crippen LogP contribution in [-0.2, 0) is 9.84 Å². The van der Waals surface area contributed by atoms with Gasteiger partial charge in [0, 0.05) is 25.8 Å². The zero-order valence-electron chi connectivity index (χ0n) is 12.2. The fourth-order valence-electron chi connectivity index (χ4n) is 2.20. The van der Waals surface area contributed by atoms with E-state index in [4.69, 9.17) is 0 Å². The third kappa shape index (κ3) is 4.42. The van der Waals surface area contributed by atoms with Gasteiger partial charge in [0.25, 0.3) is 5.91 Å². The van der Waals surface area contributed by atoms with Gasteiger partial charge in [-0.25, -0.2) is 13.4 Å². The molecule has 2 rings (SSSR count). The topological polar surface area (TPSA) is 79.4 Å². The molecule has 0 spiro atoms. The van der Waals surface area contributed by atoms with Gasteiger partial charge in [0.15, 0.2) is 9.84 Å². The van der Waals surface area contributed by atoms with E-state index in [1.54, 1.807) is 23.2 Å². The van der Waals surface area contributed by atoms with E-state index in [0.29, 0.717) is 18.5 Å². The number of anilines is 1. The Morgan fingerprint density at radius 1 is 1.33 bits per heavy atom. The number of rotatable bonds is 4. The van der Waals surface area contributed by atoms with Crippen molar-refractivity contribution >= 4 is 21.6 Å². The van der Waals surface area contributed by atoms with Crippen molar-refractivity contribution in [2.24, 2.45) is 0 Å².